The molecule has 1 N–H and O–H groups in total. The van der Waals surface area contributed by atoms with Crippen molar-refractivity contribution in [3.8, 4) is 5.69 Å². The number of alkyl halides is 3. The maximum Gasteiger partial charge on any atom is 0.416 e. The SMILES string of the molecule is Cc1cn(-c2ccc(C3=NC4(CCOC4)N(CC(=O)Nc4cccc(C(F)(F)F)c4)C3=O)cc2)cn1. The van der Waals surface area contributed by atoms with Gasteiger partial charge >= 0.3 is 6.18 Å². The number of ether oxygens (including phenoxy) is 1. The first-order valence-corrected chi connectivity index (χ1v) is 11.2. The minimum atomic E-state index is -4.54. The van der Waals surface area contributed by atoms with Crippen molar-refractivity contribution in [3.05, 3.63) is 77.9 Å². The van der Waals surface area contributed by atoms with Crippen molar-refractivity contribution < 1.29 is 27.5 Å². The lowest BCUT2D eigenvalue weighted by Crippen LogP contribution is -2.50. The molecule has 2 aliphatic rings. The summed E-state index contributed by atoms with van der Waals surface area (Å²) < 4.78 is 46.4. The quantitative estimate of drug-likeness (QED) is 0.584. The fourth-order valence-corrected chi connectivity index (χ4v) is 4.36. The van der Waals surface area contributed by atoms with Gasteiger partial charge < -0.3 is 19.5 Å². The highest BCUT2D eigenvalue weighted by Gasteiger charge is 2.50. The maximum absolute atomic E-state index is 13.4. The molecular formula is C25H22F3N5O3. The van der Waals surface area contributed by atoms with Crippen LogP contribution in [0.2, 0.25) is 0 Å². The van der Waals surface area contributed by atoms with Crippen LogP contribution in [-0.2, 0) is 20.5 Å². The Kier molecular flexibility index (Phi) is 5.87. The third kappa shape index (κ3) is 4.49. The minimum absolute atomic E-state index is 0.00957. The Balaban J connectivity index is 1.35. The van der Waals surface area contributed by atoms with Gasteiger partial charge in [-0.15, -0.1) is 0 Å². The van der Waals surface area contributed by atoms with E-state index in [1.165, 1.54) is 17.0 Å². The van der Waals surface area contributed by atoms with E-state index in [1.54, 1.807) is 18.5 Å². The molecule has 8 nitrogen and oxygen atoms in total. The van der Waals surface area contributed by atoms with Gasteiger partial charge in [0.1, 0.15) is 12.3 Å². The second-order valence-electron chi connectivity index (χ2n) is 8.73. The van der Waals surface area contributed by atoms with E-state index in [-0.39, 0.29) is 24.6 Å². The van der Waals surface area contributed by atoms with Gasteiger partial charge in [0.15, 0.2) is 5.66 Å². The number of nitrogens with zero attached hydrogens (tertiary/aromatic N) is 4. The molecule has 1 atom stereocenters. The number of amides is 2. The molecule has 1 unspecified atom stereocenters. The van der Waals surface area contributed by atoms with E-state index >= 15 is 0 Å². The minimum Gasteiger partial charge on any atom is -0.377 e. The van der Waals surface area contributed by atoms with Crippen LogP contribution < -0.4 is 5.32 Å². The standard InChI is InChI=1S/C25H22F3N5O3/c1-16-12-32(15-29-16)20-7-5-17(6-8-20)22-23(35)33(24(31-22)9-10-36-14-24)13-21(34)30-19-4-2-3-18(11-19)25(26,27)28/h2-8,11-12,15H,9-10,13-14H2,1H3,(H,30,34). The third-order valence-corrected chi connectivity index (χ3v) is 6.18. The molecule has 2 aliphatic heterocycles. The fraction of sp³-hybridized carbons (Fsp3) is 0.280. The van der Waals surface area contributed by atoms with Crippen LogP contribution in [0.15, 0.2) is 66.0 Å². The van der Waals surface area contributed by atoms with Crippen molar-refractivity contribution in [2.45, 2.75) is 25.2 Å². The number of benzene rings is 2. The summed E-state index contributed by atoms with van der Waals surface area (Å²) in [6, 6.07) is 11.6. The predicted molar refractivity (Wildman–Crippen MR) is 125 cm³/mol. The molecule has 1 spiro atoms. The van der Waals surface area contributed by atoms with Crippen LogP contribution in [0.1, 0.15) is 23.2 Å². The normalized spacial score (nSPS) is 19.7. The maximum atomic E-state index is 13.4. The zero-order valence-electron chi connectivity index (χ0n) is 19.2. The number of hydrogen-bond acceptors (Lipinski definition) is 5. The Morgan fingerprint density at radius 1 is 1.19 bits per heavy atom. The molecule has 1 fully saturated rings. The lowest BCUT2D eigenvalue weighted by Gasteiger charge is -2.30. The number of anilines is 1. The van der Waals surface area contributed by atoms with Crippen LogP contribution in [0.4, 0.5) is 18.9 Å². The van der Waals surface area contributed by atoms with Gasteiger partial charge in [0.05, 0.1) is 30.8 Å². The molecule has 186 valence electrons. The number of aliphatic imine (C=N–C) groups is 1. The summed E-state index contributed by atoms with van der Waals surface area (Å²) in [5.74, 6) is -1.07. The smallest absolute Gasteiger partial charge is 0.377 e. The summed E-state index contributed by atoms with van der Waals surface area (Å²) in [5.41, 5.74) is 0.618. The van der Waals surface area contributed by atoms with E-state index in [4.69, 9.17) is 4.74 Å². The van der Waals surface area contributed by atoms with Crippen LogP contribution in [0.25, 0.3) is 5.69 Å². The fourth-order valence-electron chi connectivity index (χ4n) is 4.36. The molecule has 36 heavy (non-hydrogen) atoms. The number of nitrogens with one attached hydrogen (secondary N) is 1. The lowest BCUT2D eigenvalue weighted by atomic mass is 10.1. The highest BCUT2D eigenvalue weighted by molar-refractivity contribution is 6.47. The first-order chi connectivity index (χ1) is 17.1. The summed E-state index contributed by atoms with van der Waals surface area (Å²) in [6.07, 6.45) is -0.557. The number of carbonyl (C=O) groups excluding carboxylic acids is 2. The summed E-state index contributed by atoms with van der Waals surface area (Å²) in [6.45, 7) is 2.01. The average molecular weight is 497 g/mol. The van der Waals surface area contributed by atoms with Crippen molar-refractivity contribution in [1.29, 1.82) is 0 Å². The number of hydrogen-bond donors (Lipinski definition) is 1. The second-order valence-corrected chi connectivity index (χ2v) is 8.73. The molecule has 0 radical (unpaired) electrons. The molecule has 3 aromatic rings. The second kappa shape index (κ2) is 8.90. The first-order valence-electron chi connectivity index (χ1n) is 11.2. The number of aromatic nitrogens is 2. The summed E-state index contributed by atoms with van der Waals surface area (Å²) in [5, 5.41) is 2.46. The van der Waals surface area contributed by atoms with Gasteiger partial charge in [-0.1, -0.05) is 18.2 Å². The van der Waals surface area contributed by atoms with E-state index in [1.807, 2.05) is 29.8 Å². The Morgan fingerprint density at radius 2 is 1.97 bits per heavy atom. The van der Waals surface area contributed by atoms with Gasteiger partial charge in [0.2, 0.25) is 5.91 Å². The zero-order valence-corrected chi connectivity index (χ0v) is 19.2. The molecule has 2 aromatic carbocycles. The largest absolute Gasteiger partial charge is 0.416 e. The van der Waals surface area contributed by atoms with E-state index in [0.29, 0.717) is 18.6 Å². The number of carbonyl (C=O) groups is 2. The highest BCUT2D eigenvalue weighted by Crippen LogP contribution is 2.35. The third-order valence-electron chi connectivity index (χ3n) is 6.18. The number of imidazole rings is 1. The monoisotopic (exact) mass is 497 g/mol. The number of rotatable bonds is 5. The van der Waals surface area contributed by atoms with Crippen molar-refractivity contribution in [2.24, 2.45) is 4.99 Å². The van der Waals surface area contributed by atoms with Gasteiger partial charge in [-0.2, -0.15) is 13.2 Å². The molecule has 3 heterocycles. The van der Waals surface area contributed by atoms with E-state index in [9.17, 15) is 22.8 Å². The van der Waals surface area contributed by atoms with E-state index in [0.717, 1.165) is 23.5 Å². The van der Waals surface area contributed by atoms with Crippen LogP contribution in [0, 0.1) is 6.92 Å². The van der Waals surface area contributed by atoms with Crippen LogP contribution in [0.5, 0.6) is 0 Å². The van der Waals surface area contributed by atoms with Crippen molar-refractivity contribution in [2.75, 3.05) is 25.1 Å². The Hall–Kier alpha value is -3.99. The summed E-state index contributed by atoms with van der Waals surface area (Å²) in [7, 11) is 0. The van der Waals surface area contributed by atoms with Gasteiger partial charge in [-0.25, -0.2) is 9.98 Å². The first kappa shape index (κ1) is 23.7. The van der Waals surface area contributed by atoms with E-state index < -0.39 is 29.2 Å². The van der Waals surface area contributed by atoms with Crippen molar-refractivity contribution in [1.82, 2.24) is 14.5 Å². The Morgan fingerprint density at radius 3 is 2.61 bits per heavy atom. The summed E-state index contributed by atoms with van der Waals surface area (Å²) in [4.78, 5) is 36.4. The molecule has 1 aromatic heterocycles. The Labute approximate surface area is 204 Å². The molecule has 0 bridgehead atoms. The lowest BCUT2D eigenvalue weighted by molar-refractivity contribution is -0.137. The zero-order chi connectivity index (χ0) is 25.5. The summed E-state index contributed by atoms with van der Waals surface area (Å²) >= 11 is 0. The molecule has 2 amide bonds. The van der Waals surface area contributed by atoms with Crippen molar-refractivity contribution in [3.63, 3.8) is 0 Å². The van der Waals surface area contributed by atoms with Gasteiger partial charge in [-0.3, -0.25) is 9.59 Å². The van der Waals surface area contributed by atoms with Gasteiger partial charge in [-0.05, 0) is 37.3 Å². The van der Waals surface area contributed by atoms with Crippen molar-refractivity contribution >= 4 is 23.2 Å². The topological polar surface area (TPSA) is 88.8 Å². The van der Waals surface area contributed by atoms with Crippen LogP contribution in [0.3, 0.4) is 0 Å². The van der Waals surface area contributed by atoms with Crippen LogP contribution in [-0.4, -0.2) is 57.4 Å². The molecular weight excluding hydrogens is 475 g/mol. The Bertz CT molecular complexity index is 1340. The van der Waals surface area contributed by atoms with Gasteiger partial charge in [0.25, 0.3) is 5.91 Å². The number of halogens is 3. The average Bonchev–Trinajstić information content (AvgIpc) is 3.56. The van der Waals surface area contributed by atoms with Gasteiger partial charge in [0, 0.05) is 29.6 Å². The van der Waals surface area contributed by atoms with E-state index in [2.05, 4.69) is 15.3 Å². The molecule has 0 aliphatic carbocycles. The molecule has 5 rings (SSSR count). The predicted octanol–water partition coefficient (Wildman–Crippen LogP) is 3.59. The van der Waals surface area contributed by atoms with Crippen LogP contribution >= 0.6 is 0 Å². The highest BCUT2D eigenvalue weighted by atomic mass is 19.4. The molecule has 0 saturated carbocycles. The molecule has 11 heteroatoms. The number of aryl methyl sites for hydroxylation is 1. The molecule has 1 saturated heterocycles.